The topological polar surface area (TPSA) is 88.2 Å². The summed E-state index contributed by atoms with van der Waals surface area (Å²) in [4.78, 5) is 12.1. The van der Waals surface area contributed by atoms with Crippen LogP contribution in [0.4, 0.5) is 10.5 Å². The van der Waals surface area contributed by atoms with E-state index in [2.05, 4.69) is 17.2 Å². The number of benzene rings is 2. The van der Waals surface area contributed by atoms with Gasteiger partial charge in [-0.25, -0.2) is 4.79 Å². The maximum absolute atomic E-state index is 12.1. The summed E-state index contributed by atoms with van der Waals surface area (Å²) in [7, 11) is 0. The van der Waals surface area contributed by atoms with Gasteiger partial charge in [-0.2, -0.15) is 0 Å². The van der Waals surface area contributed by atoms with E-state index < -0.39 is 11.7 Å². The largest absolute Gasteiger partial charge is 0.444 e. The maximum Gasteiger partial charge on any atom is 0.412 e. The predicted molar refractivity (Wildman–Crippen MR) is 105 cm³/mol. The summed E-state index contributed by atoms with van der Waals surface area (Å²) < 4.78 is 5.27. The van der Waals surface area contributed by atoms with E-state index in [4.69, 9.17) is 27.5 Å². The first-order chi connectivity index (χ1) is 12.2. The third-order valence-electron chi connectivity index (χ3n) is 3.15. The maximum atomic E-state index is 12.1. The van der Waals surface area contributed by atoms with Gasteiger partial charge in [-0.3, -0.25) is 10.7 Å². The Morgan fingerprint density at radius 2 is 1.85 bits per heavy atom. The van der Waals surface area contributed by atoms with E-state index in [1.165, 1.54) is 6.07 Å². The Labute approximate surface area is 158 Å². The Hall–Kier alpha value is -2.97. The highest BCUT2D eigenvalue weighted by molar-refractivity contribution is 6.34. The summed E-state index contributed by atoms with van der Waals surface area (Å²) in [5.41, 5.74) is 6.96. The van der Waals surface area contributed by atoms with Gasteiger partial charge < -0.3 is 10.5 Å². The molecule has 4 N–H and O–H groups in total. The average molecular weight is 370 g/mol. The summed E-state index contributed by atoms with van der Waals surface area (Å²) in [5, 5.41) is 10.5. The van der Waals surface area contributed by atoms with Crippen molar-refractivity contribution in [3.05, 3.63) is 64.2 Å². The van der Waals surface area contributed by atoms with Crippen LogP contribution in [0, 0.1) is 17.3 Å². The third kappa shape index (κ3) is 5.54. The van der Waals surface area contributed by atoms with E-state index in [1.54, 1.807) is 26.8 Å². The molecule has 0 spiro atoms. The highest BCUT2D eigenvalue weighted by Gasteiger charge is 2.18. The van der Waals surface area contributed by atoms with E-state index in [0.29, 0.717) is 16.8 Å². The molecule has 0 radical (unpaired) electrons. The fourth-order valence-electron chi connectivity index (χ4n) is 2.06. The van der Waals surface area contributed by atoms with Crippen LogP contribution in [-0.2, 0) is 4.74 Å². The van der Waals surface area contributed by atoms with Crippen molar-refractivity contribution in [2.75, 3.05) is 5.32 Å². The van der Waals surface area contributed by atoms with E-state index in [1.807, 2.05) is 30.3 Å². The summed E-state index contributed by atoms with van der Waals surface area (Å²) in [6, 6.07) is 12.5. The normalized spacial score (nSPS) is 10.5. The molecule has 0 saturated carbocycles. The number of nitrogens with one attached hydrogen (secondary N) is 2. The molecule has 5 nitrogen and oxygen atoms in total. The van der Waals surface area contributed by atoms with Gasteiger partial charge >= 0.3 is 6.09 Å². The molecule has 0 aliphatic rings. The molecule has 0 aromatic heterocycles. The van der Waals surface area contributed by atoms with Crippen molar-refractivity contribution in [2.24, 2.45) is 5.73 Å². The Kier molecular flexibility index (Phi) is 5.91. The Morgan fingerprint density at radius 1 is 1.19 bits per heavy atom. The number of amidine groups is 1. The molecule has 0 aliphatic carbocycles. The minimum Gasteiger partial charge on any atom is -0.444 e. The standard InChI is InChI=1S/C20H20ClN3O2/c1-20(2,3)26-19(25)24-17-12-16(21)15(18(22)23)11-14(17)10-9-13-7-5-4-6-8-13/h4-8,11-12H,1-3H3,(H3,22,23)(H,24,25). The first-order valence-corrected chi connectivity index (χ1v) is 8.28. The molecule has 0 unspecified atom stereocenters. The van der Waals surface area contributed by atoms with Crippen molar-refractivity contribution < 1.29 is 9.53 Å². The van der Waals surface area contributed by atoms with Crippen LogP contribution >= 0.6 is 11.6 Å². The van der Waals surface area contributed by atoms with Crippen LogP contribution in [0.5, 0.6) is 0 Å². The number of carbonyl (C=O) groups is 1. The van der Waals surface area contributed by atoms with Gasteiger partial charge in [0.15, 0.2) is 0 Å². The lowest BCUT2D eigenvalue weighted by molar-refractivity contribution is 0.0636. The van der Waals surface area contributed by atoms with E-state index >= 15 is 0 Å². The van der Waals surface area contributed by atoms with Crippen LogP contribution in [0.25, 0.3) is 0 Å². The van der Waals surface area contributed by atoms with Crippen LogP contribution in [-0.4, -0.2) is 17.5 Å². The molecule has 0 atom stereocenters. The number of nitrogen functional groups attached to an aromatic ring is 1. The van der Waals surface area contributed by atoms with Gasteiger partial charge in [0.05, 0.1) is 10.7 Å². The van der Waals surface area contributed by atoms with E-state index in [9.17, 15) is 4.79 Å². The molecular formula is C20H20ClN3O2. The Bertz CT molecular complexity index is 891. The minimum absolute atomic E-state index is 0.179. The third-order valence-corrected chi connectivity index (χ3v) is 3.46. The Morgan fingerprint density at radius 3 is 2.42 bits per heavy atom. The number of anilines is 1. The summed E-state index contributed by atoms with van der Waals surface area (Å²) in [5.74, 6) is 5.82. The van der Waals surface area contributed by atoms with E-state index in [0.717, 1.165) is 5.56 Å². The van der Waals surface area contributed by atoms with Crippen molar-refractivity contribution in [2.45, 2.75) is 26.4 Å². The molecule has 0 bridgehead atoms. The Balaban J connectivity index is 2.43. The van der Waals surface area contributed by atoms with Crippen molar-refractivity contribution in [1.29, 1.82) is 5.41 Å². The molecule has 134 valence electrons. The lowest BCUT2D eigenvalue weighted by Crippen LogP contribution is -2.27. The quantitative estimate of drug-likeness (QED) is 0.417. The average Bonchev–Trinajstić information content (AvgIpc) is 2.52. The second kappa shape index (κ2) is 7.94. The zero-order valence-electron chi connectivity index (χ0n) is 14.8. The van der Waals surface area contributed by atoms with Crippen molar-refractivity contribution in [1.82, 2.24) is 0 Å². The summed E-state index contributed by atoms with van der Waals surface area (Å²) in [6.45, 7) is 5.32. The molecule has 26 heavy (non-hydrogen) atoms. The van der Waals surface area contributed by atoms with Crippen LogP contribution in [0.1, 0.15) is 37.5 Å². The fourth-order valence-corrected chi connectivity index (χ4v) is 2.33. The van der Waals surface area contributed by atoms with Crippen molar-refractivity contribution >= 4 is 29.2 Å². The van der Waals surface area contributed by atoms with Gasteiger partial charge in [0, 0.05) is 16.7 Å². The fraction of sp³-hybridized carbons (Fsp3) is 0.200. The molecular weight excluding hydrogens is 350 g/mol. The molecule has 0 fully saturated rings. The molecule has 2 aromatic carbocycles. The van der Waals surface area contributed by atoms with E-state index in [-0.39, 0.29) is 10.9 Å². The number of ether oxygens (including phenoxy) is 1. The van der Waals surface area contributed by atoms with Gasteiger partial charge in [0.1, 0.15) is 11.4 Å². The first kappa shape index (κ1) is 19.4. The second-order valence-electron chi connectivity index (χ2n) is 6.53. The minimum atomic E-state index is -0.636. The predicted octanol–water partition coefficient (Wildman–Crippen LogP) is 4.37. The molecule has 2 rings (SSSR count). The number of carbonyl (C=O) groups excluding carboxylic acids is 1. The van der Waals surface area contributed by atoms with Gasteiger partial charge in [0.2, 0.25) is 0 Å². The molecule has 0 saturated heterocycles. The summed E-state index contributed by atoms with van der Waals surface area (Å²) in [6.07, 6.45) is -0.619. The molecule has 0 aliphatic heterocycles. The SMILES string of the molecule is CC(C)(C)OC(=O)Nc1cc(Cl)c(C(=N)N)cc1C#Cc1ccccc1. The van der Waals surface area contributed by atoms with Gasteiger partial charge in [0.25, 0.3) is 0 Å². The van der Waals surface area contributed by atoms with Crippen molar-refractivity contribution in [3.8, 4) is 11.8 Å². The number of rotatable bonds is 2. The lowest BCUT2D eigenvalue weighted by Gasteiger charge is -2.20. The number of hydrogen-bond donors (Lipinski definition) is 3. The smallest absolute Gasteiger partial charge is 0.412 e. The highest BCUT2D eigenvalue weighted by atomic mass is 35.5. The van der Waals surface area contributed by atoms with Crippen LogP contribution < -0.4 is 11.1 Å². The van der Waals surface area contributed by atoms with Gasteiger partial charge in [-0.15, -0.1) is 0 Å². The zero-order chi connectivity index (χ0) is 19.3. The molecule has 6 heteroatoms. The second-order valence-corrected chi connectivity index (χ2v) is 6.94. The van der Waals surface area contributed by atoms with Crippen molar-refractivity contribution in [3.63, 3.8) is 0 Å². The lowest BCUT2D eigenvalue weighted by atomic mass is 10.1. The highest BCUT2D eigenvalue weighted by Crippen LogP contribution is 2.26. The van der Waals surface area contributed by atoms with Crippen LogP contribution in [0.2, 0.25) is 5.02 Å². The number of halogens is 1. The number of amides is 1. The number of nitrogens with two attached hydrogens (primary N) is 1. The number of hydrogen-bond acceptors (Lipinski definition) is 3. The van der Waals surface area contributed by atoms with Crippen LogP contribution in [0.15, 0.2) is 42.5 Å². The summed E-state index contributed by atoms with van der Waals surface area (Å²) >= 11 is 6.17. The monoisotopic (exact) mass is 369 g/mol. The first-order valence-electron chi connectivity index (χ1n) is 7.91. The molecule has 1 amide bonds. The van der Waals surface area contributed by atoms with Gasteiger partial charge in [-0.05, 0) is 45.0 Å². The molecule has 0 heterocycles. The van der Waals surface area contributed by atoms with Crippen LogP contribution in [0.3, 0.4) is 0 Å². The zero-order valence-corrected chi connectivity index (χ0v) is 15.6. The van der Waals surface area contributed by atoms with Gasteiger partial charge in [-0.1, -0.05) is 41.6 Å². The molecule has 2 aromatic rings.